The summed E-state index contributed by atoms with van der Waals surface area (Å²) in [5.74, 6) is 0.634. The molecule has 171 valence electrons. The molecule has 0 rings (SSSR count). The predicted molar refractivity (Wildman–Crippen MR) is 125 cm³/mol. The molecule has 0 amide bonds. The molecule has 3 N–H and O–H groups in total. The van der Waals surface area contributed by atoms with Gasteiger partial charge in [0.15, 0.2) is 0 Å². The normalized spacial score (nSPS) is 12.4. The number of aliphatic hydroxyl groups is 3. The Bertz CT molecular complexity index is 382. The first-order chi connectivity index (χ1) is 14.0. The fraction of sp³-hybridized carbons (Fsp3) is 0.800. The summed E-state index contributed by atoms with van der Waals surface area (Å²) in [6.45, 7) is 11.2. The van der Waals surface area contributed by atoms with Gasteiger partial charge in [-0.05, 0) is 38.1 Å². The van der Waals surface area contributed by atoms with Crippen LogP contribution in [0.5, 0.6) is 0 Å². The van der Waals surface area contributed by atoms with Crippen molar-refractivity contribution >= 4 is 0 Å². The molecule has 4 heteroatoms. The molecule has 0 aromatic rings. The summed E-state index contributed by atoms with van der Waals surface area (Å²) in [6, 6.07) is 0. The fourth-order valence-electron chi connectivity index (χ4n) is 3.74. The van der Waals surface area contributed by atoms with Crippen LogP contribution in [-0.2, 0) is 0 Å². The van der Waals surface area contributed by atoms with Crippen LogP contribution in [0.1, 0.15) is 96.8 Å². The molecule has 1 atom stereocenters. The highest BCUT2D eigenvalue weighted by molar-refractivity contribution is 4.89. The number of nitrogens with zero attached hydrogens (tertiary/aromatic N) is 1. The van der Waals surface area contributed by atoms with Crippen molar-refractivity contribution in [2.24, 2.45) is 5.92 Å². The molecule has 1 unspecified atom stereocenters. The van der Waals surface area contributed by atoms with E-state index in [4.69, 9.17) is 0 Å². The molecule has 0 aromatic heterocycles. The SMILES string of the molecule is C=C(O)CN(CCCCCCCC[CH]C(CO)CCCCCCCC)CC(=C)O. The molecule has 1 radical (unpaired) electrons. The Balaban J connectivity index is 3.58. The van der Waals surface area contributed by atoms with Gasteiger partial charge in [-0.1, -0.05) is 90.7 Å². The maximum absolute atomic E-state index is 9.54. The highest BCUT2D eigenvalue weighted by atomic mass is 16.3. The highest BCUT2D eigenvalue weighted by Crippen LogP contribution is 2.18. The molecule has 0 spiro atoms. The van der Waals surface area contributed by atoms with Gasteiger partial charge < -0.3 is 15.3 Å². The maximum Gasteiger partial charge on any atom is 0.0991 e. The van der Waals surface area contributed by atoms with Gasteiger partial charge in [0.2, 0.25) is 0 Å². The monoisotopic (exact) mass is 410 g/mol. The average molecular weight is 411 g/mol. The number of rotatable bonds is 22. The second-order valence-corrected chi connectivity index (χ2v) is 8.49. The summed E-state index contributed by atoms with van der Waals surface area (Å²) in [6.07, 6.45) is 19.6. The molecule has 0 saturated heterocycles. The van der Waals surface area contributed by atoms with E-state index in [9.17, 15) is 15.3 Å². The van der Waals surface area contributed by atoms with Crippen molar-refractivity contribution in [3.63, 3.8) is 0 Å². The first-order valence-corrected chi connectivity index (χ1v) is 11.9. The van der Waals surface area contributed by atoms with E-state index in [0.717, 1.165) is 32.2 Å². The number of hydrogen-bond donors (Lipinski definition) is 3. The van der Waals surface area contributed by atoms with E-state index in [1.54, 1.807) is 0 Å². The zero-order chi connectivity index (χ0) is 21.7. The summed E-state index contributed by atoms with van der Waals surface area (Å²) in [7, 11) is 0. The second kappa shape index (κ2) is 20.3. The Morgan fingerprint density at radius 2 is 1.31 bits per heavy atom. The Hall–Kier alpha value is -1.00. The maximum atomic E-state index is 9.54. The Morgan fingerprint density at radius 3 is 1.86 bits per heavy atom. The zero-order valence-electron chi connectivity index (χ0n) is 19.1. The van der Waals surface area contributed by atoms with Crippen molar-refractivity contribution in [3.8, 4) is 0 Å². The van der Waals surface area contributed by atoms with Crippen molar-refractivity contribution in [2.45, 2.75) is 96.8 Å². The lowest BCUT2D eigenvalue weighted by Crippen LogP contribution is -2.29. The van der Waals surface area contributed by atoms with E-state index in [2.05, 4.69) is 26.5 Å². The standard InChI is InChI=1S/C25H48NO3/c1-4-5-6-7-11-14-17-25(22-27)18-15-12-9-8-10-13-16-19-26(20-23(2)28)21-24(3)29/h18,25,27-29H,2-17,19-22H2,1H3. The molecule has 0 aliphatic heterocycles. The van der Waals surface area contributed by atoms with Gasteiger partial charge in [0.05, 0.1) is 24.6 Å². The first-order valence-electron chi connectivity index (χ1n) is 11.9. The van der Waals surface area contributed by atoms with E-state index >= 15 is 0 Å². The van der Waals surface area contributed by atoms with Gasteiger partial charge in [0, 0.05) is 6.61 Å². The minimum absolute atomic E-state index is 0.125. The van der Waals surface area contributed by atoms with Crippen LogP contribution in [0, 0.1) is 12.3 Å². The third-order valence-electron chi connectivity index (χ3n) is 5.40. The highest BCUT2D eigenvalue weighted by Gasteiger charge is 2.08. The molecular formula is C25H48NO3. The van der Waals surface area contributed by atoms with Gasteiger partial charge in [-0.25, -0.2) is 0 Å². The summed E-state index contributed by atoms with van der Waals surface area (Å²) in [5, 5.41) is 28.2. The Kier molecular flexibility index (Phi) is 19.6. The van der Waals surface area contributed by atoms with Gasteiger partial charge in [0.1, 0.15) is 0 Å². The summed E-state index contributed by atoms with van der Waals surface area (Å²) >= 11 is 0. The molecule has 0 saturated carbocycles. The van der Waals surface area contributed by atoms with Crippen molar-refractivity contribution < 1.29 is 15.3 Å². The third-order valence-corrected chi connectivity index (χ3v) is 5.40. The van der Waals surface area contributed by atoms with Crippen molar-refractivity contribution in [1.29, 1.82) is 0 Å². The first kappa shape index (κ1) is 28.0. The molecule has 29 heavy (non-hydrogen) atoms. The van der Waals surface area contributed by atoms with Crippen molar-refractivity contribution in [1.82, 2.24) is 4.90 Å². The van der Waals surface area contributed by atoms with E-state index in [0.29, 0.717) is 25.6 Å². The van der Waals surface area contributed by atoms with Crippen LogP contribution < -0.4 is 0 Å². The molecule has 4 nitrogen and oxygen atoms in total. The van der Waals surface area contributed by atoms with Crippen LogP contribution in [-0.4, -0.2) is 46.5 Å². The second-order valence-electron chi connectivity index (χ2n) is 8.49. The lowest BCUT2D eigenvalue weighted by atomic mass is 9.95. The van der Waals surface area contributed by atoms with Crippen molar-refractivity contribution in [2.75, 3.05) is 26.2 Å². The minimum atomic E-state index is 0.125. The minimum Gasteiger partial charge on any atom is -0.512 e. The molecule has 0 aliphatic rings. The third kappa shape index (κ3) is 20.1. The number of hydrogen-bond acceptors (Lipinski definition) is 4. The van der Waals surface area contributed by atoms with E-state index in [-0.39, 0.29) is 11.5 Å². The van der Waals surface area contributed by atoms with Gasteiger partial charge in [-0.15, -0.1) is 0 Å². The van der Waals surface area contributed by atoms with Crippen LogP contribution in [0.4, 0.5) is 0 Å². The van der Waals surface area contributed by atoms with E-state index < -0.39 is 0 Å². The molecule has 0 heterocycles. The summed E-state index contributed by atoms with van der Waals surface area (Å²) in [5.41, 5.74) is 0. The van der Waals surface area contributed by atoms with Crippen LogP contribution in [0.3, 0.4) is 0 Å². The average Bonchev–Trinajstić information content (AvgIpc) is 2.66. The zero-order valence-corrected chi connectivity index (χ0v) is 19.1. The lowest BCUT2D eigenvalue weighted by Gasteiger charge is -2.20. The van der Waals surface area contributed by atoms with Crippen LogP contribution in [0.2, 0.25) is 0 Å². The number of aliphatic hydroxyl groups excluding tert-OH is 3. The lowest BCUT2D eigenvalue weighted by molar-refractivity contribution is 0.230. The number of unbranched alkanes of at least 4 members (excludes halogenated alkanes) is 11. The molecule has 0 aliphatic carbocycles. The Labute approximate surface area is 180 Å². The molecular weight excluding hydrogens is 362 g/mol. The van der Waals surface area contributed by atoms with Gasteiger partial charge in [0.25, 0.3) is 0 Å². The van der Waals surface area contributed by atoms with Gasteiger partial charge in [-0.2, -0.15) is 0 Å². The van der Waals surface area contributed by atoms with Crippen LogP contribution in [0.15, 0.2) is 24.7 Å². The molecule has 0 bridgehead atoms. The van der Waals surface area contributed by atoms with Gasteiger partial charge in [-0.3, -0.25) is 4.90 Å². The van der Waals surface area contributed by atoms with Crippen LogP contribution >= 0.6 is 0 Å². The van der Waals surface area contributed by atoms with E-state index in [1.807, 2.05) is 4.90 Å². The summed E-state index contributed by atoms with van der Waals surface area (Å²) < 4.78 is 0. The predicted octanol–water partition coefficient (Wildman–Crippen LogP) is 6.73. The smallest absolute Gasteiger partial charge is 0.0991 e. The fourth-order valence-corrected chi connectivity index (χ4v) is 3.74. The quantitative estimate of drug-likeness (QED) is 0.137. The van der Waals surface area contributed by atoms with Crippen molar-refractivity contribution in [3.05, 3.63) is 31.1 Å². The Morgan fingerprint density at radius 1 is 0.793 bits per heavy atom. The largest absolute Gasteiger partial charge is 0.512 e. The van der Waals surface area contributed by atoms with E-state index in [1.165, 1.54) is 64.2 Å². The molecule has 0 fully saturated rings. The summed E-state index contributed by atoms with van der Waals surface area (Å²) in [4.78, 5) is 1.97. The van der Waals surface area contributed by atoms with Crippen LogP contribution in [0.25, 0.3) is 0 Å². The topological polar surface area (TPSA) is 63.9 Å². The molecule has 0 aromatic carbocycles. The van der Waals surface area contributed by atoms with Gasteiger partial charge >= 0.3 is 0 Å².